The lowest BCUT2D eigenvalue weighted by atomic mass is 10.0. The molecule has 1 fully saturated rings. The zero-order valence-corrected chi connectivity index (χ0v) is 11.1. The number of aliphatic imine (C=N–C) groups is 1. The lowest BCUT2D eigenvalue weighted by Crippen LogP contribution is -2.41. The highest BCUT2D eigenvalue weighted by Gasteiger charge is 2.34. The van der Waals surface area contributed by atoms with Gasteiger partial charge >= 0.3 is 0 Å². The molecule has 7 heteroatoms. The summed E-state index contributed by atoms with van der Waals surface area (Å²) < 4.78 is 24.5. The van der Waals surface area contributed by atoms with Crippen LogP contribution in [0.2, 0.25) is 0 Å². The summed E-state index contributed by atoms with van der Waals surface area (Å²) in [7, 11) is -3.64. The highest BCUT2D eigenvalue weighted by Crippen LogP contribution is 2.31. The van der Waals surface area contributed by atoms with Crippen molar-refractivity contribution in [3.05, 3.63) is 11.3 Å². The average Bonchev–Trinajstić information content (AvgIpc) is 2.56. The number of nitrogens with one attached hydrogen (secondary N) is 1. The Morgan fingerprint density at radius 3 is 2.71 bits per heavy atom. The number of hydrogen-bond donors (Lipinski definition) is 2. The third-order valence-electron chi connectivity index (χ3n) is 3.35. The first-order chi connectivity index (χ1) is 7.78. The van der Waals surface area contributed by atoms with Gasteiger partial charge in [-0.05, 0) is 26.3 Å². The molecule has 96 valence electrons. The van der Waals surface area contributed by atoms with E-state index in [0.29, 0.717) is 13.0 Å². The Bertz CT molecular complexity index is 494. The van der Waals surface area contributed by atoms with Crippen LogP contribution in [0.5, 0.6) is 0 Å². The second kappa shape index (κ2) is 4.08. The minimum atomic E-state index is -3.64. The largest absolute Gasteiger partial charge is 0.332 e. The molecule has 2 heterocycles. The SMILES string of the molecule is CC1=N[C@@H](C)C(C)=C2C[C@@H](NS(N)(=O)=O)CN12. The molecule has 2 rings (SSSR count). The van der Waals surface area contributed by atoms with E-state index in [1.165, 1.54) is 11.3 Å². The van der Waals surface area contributed by atoms with Gasteiger partial charge in [-0.25, -0.2) is 5.14 Å². The fourth-order valence-corrected chi connectivity index (χ4v) is 3.06. The Hall–Kier alpha value is -0.920. The van der Waals surface area contributed by atoms with Crippen LogP contribution in [-0.4, -0.2) is 37.8 Å². The topological polar surface area (TPSA) is 87.8 Å². The third-order valence-corrected chi connectivity index (χ3v) is 4.01. The summed E-state index contributed by atoms with van der Waals surface area (Å²) in [4.78, 5) is 6.58. The molecular formula is C10H18N4O2S. The van der Waals surface area contributed by atoms with Gasteiger partial charge in [0.05, 0.1) is 6.04 Å². The van der Waals surface area contributed by atoms with Crippen LogP contribution in [0.15, 0.2) is 16.3 Å². The number of hydrogen-bond acceptors (Lipinski definition) is 4. The quantitative estimate of drug-likeness (QED) is 0.728. The van der Waals surface area contributed by atoms with E-state index in [9.17, 15) is 8.42 Å². The Morgan fingerprint density at radius 1 is 1.47 bits per heavy atom. The number of fused-ring (bicyclic) bond motifs is 1. The molecule has 0 aromatic heterocycles. The Labute approximate surface area is 102 Å². The third kappa shape index (κ3) is 2.51. The van der Waals surface area contributed by atoms with Crippen molar-refractivity contribution in [1.29, 1.82) is 0 Å². The van der Waals surface area contributed by atoms with Crippen LogP contribution in [0, 0.1) is 0 Å². The first-order valence-corrected chi connectivity index (χ1v) is 7.14. The van der Waals surface area contributed by atoms with Crippen molar-refractivity contribution in [1.82, 2.24) is 9.62 Å². The van der Waals surface area contributed by atoms with Gasteiger partial charge in [-0.1, -0.05) is 0 Å². The molecule has 2 aliphatic rings. The summed E-state index contributed by atoms with van der Waals surface area (Å²) in [5.74, 6) is 0.941. The zero-order valence-electron chi connectivity index (χ0n) is 10.3. The summed E-state index contributed by atoms with van der Waals surface area (Å²) in [5, 5.41) is 5.00. The van der Waals surface area contributed by atoms with E-state index in [0.717, 1.165) is 5.84 Å². The van der Waals surface area contributed by atoms with Gasteiger partial charge in [0.2, 0.25) is 0 Å². The highest BCUT2D eigenvalue weighted by molar-refractivity contribution is 7.87. The molecule has 0 saturated carbocycles. The predicted octanol–water partition coefficient (Wildman–Crippen LogP) is -0.0517. The van der Waals surface area contributed by atoms with Crippen molar-refractivity contribution in [2.24, 2.45) is 10.1 Å². The van der Waals surface area contributed by atoms with Crippen molar-refractivity contribution in [3.63, 3.8) is 0 Å². The Morgan fingerprint density at radius 2 is 2.12 bits per heavy atom. The predicted molar refractivity (Wildman–Crippen MR) is 66.6 cm³/mol. The molecule has 0 aromatic carbocycles. The van der Waals surface area contributed by atoms with E-state index in [1.807, 2.05) is 20.8 Å². The molecular weight excluding hydrogens is 240 g/mol. The fraction of sp³-hybridized carbons (Fsp3) is 0.700. The van der Waals surface area contributed by atoms with Crippen molar-refractivity contribution in [3.8, 4) is 0 Å². The van der Waals surface area contributed by atoms with Gasteiger partial charge in [0.1, 0.15) is 5.84 Å². The van der Waals surface area contributed by atoms with Gasteiger partial charge in [0.25, 0.3) is 10.2 Å². The maximum atomic E-state index is 11.0. The van der Waals surface area contributed by atoms with Crippen molar-refractivity contribution >= 4 is 16.0 Å². The van der Waals surface area contributed by atoms with Gasteiger partial charge in [-0.15, -0.1) is 0 Å². The standard InChI is InChI=1S/C10H18N4O2S/c1-6-7(2)12-8(3)14-5-9(4-10(6)14)13-17(11,15)16/h7,9,13H,4-5H2,1-3H3,(H2,11,15,16)/t7-,9+/m0/s1. The Kier molecular flexibility index (Phi) is 3.01. The van der Waals surface area contributed by atoms with Crippen LogP contribution in [0.25, 0.3) is 0 Å². The summed E-state index contributed by atoms with van der Waals surface area (Å²) in [6, 6.07) is 0.0138. The van der Waals surface area contributed by atoms with E-state index < -0.39 is 10.2 Å². The van der Waals surface area contributed by atoms with E-state index in [1.54, 1.807) is 0 Å². The van der Waals surface area contributed by atoms with Crippen LogP contribution in [0.4, 0.5) is 0 Å². The number of nitrogens with two attached hydrogens (primary N) is 1. The molecule has 0 spiro atoms. The number of rotatable bonds is 2. The monoisotopic (exact) mass is 258 g/mol. The first kappa shape index (κ1) is 12.5. The van der Waals surface area contributed by atoms with Crippen molar-refractivity contribution in [2.75, 3.05) is 6.54 Å². The van der Waals surface area contributed by atoms with Crippen molar-refractivity contribution in [2.45, 2.75) is 39.3 Å². The van der Waals surface area contributed by atoms with Crippen LogP contribution < -0.4 is 9.86 Å². The summed E-state index contributed by atoms with van der Waals surface area (Å²) in [6.07, 6.45) is 0.680. The van der Waals surface area contributed by atoms with Crippen LogP contribution >= 0.6 is 0 Å². The molecule has 0 aliphatic carbocycles. The molecule has 3 N–H and O–H groups in total. The minimum Gasteiger partial charge on any atom is -0.332 e. The molecule has 2 aliphatic heterocycles. The number of nitrogens with zero attached hydrogens (tertiary/aromatic N) is 2. The summed E-state index contributed by atoms with van der Waals surface area (Å²) in [6.45, 7) is 6.64. The maximum Gasteiger partial charge on any atom is 0.274 e. The average molecular weight is 258 g/mol. The van der Waals surface area contributed by atoms with Crippen LogP contribution in [-0.2, 0) is 10.2 Å². The smallest absolute Gasteiger partial charge is 0.274 e. The summed E-state index contributed by atoms with van der Waals surface area (Å²) in [5.41, 5.74) is 2.38. The van der Waals surface area contributed by atoms with E-state index in [4.69, 9.17) is 5.14 Å². The van der Waals surface area contributed by atoms with E-state index in [-0.39, 0.29) is 12.1 Å². The zero-order chi connectivity index (χ0) is 12.8. The Balaban J connectivity index is 2.22. The van der Waals surface area contributed by atoms with Gasteiger partial charge in [-0.2, -0.15) is 13.1 Å². The fourth-order valence-electron chi connectivity index (χ4n) is 2.44. The molecule has 6 nitrogen and oxygen atoms in total. The van der Waals surface area contributed by atoms with Crippen LogP contribution in [0.3, 0.4) is 0 Å². The number of amidine groups is 1. The van der Waals surface area contributed by atoms with E-state index >= 15 is 0 Å². The molecule has 17 heavy (non-hydrogen) atoms. The second-order valence-electron chi connectivity index (χ2n) is 4.66. The molecule has 0 aromatic rings. The minimum absolute atomic E-state index is 0.162. The second-order valence-corrected chi connectivity index (χ2v) is 5.98. The van der Waals surface area contributed by atoms with E-state index in [2.05, 4.69) is 14.6 Å². The summed E-state index contributed by atoms with van der Waals surface area (Å²) >= 11 is 0. The molecule has 2 atom stereocenters. The van der Waals surface area contributed by atoms with Crippen LogP contribution in [0.1, 0.15) is 27.2 Å². The molecule has 0 radical (unpaired) electrons. The van der Waals surface area contributed by atoms with Crippen molar-refractivity contribution < 1.29 is 8.42 Å². The molecule has 0 amide bonds. The first-order valence-electron chi connectivity index (χ1n) is 5.59. The van der Waals surface area contributed by atoms with Gasteiger partial charge < -0.3 is 4.90 Å². The maximum absolute atomic E-state index is 11.0. The molecule has 1 saturated heterocycles. The van der Waals surface area contributed by atoms with Gasteiger partial charge in [0, 0.05) is 24.7 Å². The molecule has 0 unspecified atom stereocenters. The normalized spacial score (nSPS) is 29.4. The van der Waals surface area contributed by atoms with Gasteiger partial charge in [-0.3, -0.25) is 4.99 Å². The molecule has 0 bridgehead atoms. The lowest BCUT2D eigenvalue weighted by molar-refractivity contribution is 0.510. The van der Waals surface area contributed by atoms with Gasteiger partial charge in [0.15, 0.2) is 0 Å². The lowest BCUT2D eigenvalue weighted by Gasteiger charge is -2.28. The highest BCUT2D eigenvalue weighted by atomic mass is 32.2.